The molecule has 0 N–H and O–H groups in total. The van der Waals surface area contributed by atoms with Gasteiger partial charge in [-0.05, 0) is 121 Å². The summed E-state index contributed by atoms with van der Waals surface area (Å²) in [4.78, 5) is 5.11. The van der Waals surface area contributed by atoms with Crippen LogP contribution in [0.1, 0.15) is 60.3 Å². The maximum absolute atomic E-state index is 2.57. The number of hydrogen-bond donors (Lipinski definition) is 0. The third-order valence-corrected chi connectivity index (χ3v) is 9.74. The lowest BCUT2D eigenvalue weighted by Crippen LogP contribution is -2.61. The molecule has 3 aliphatic rings. The van der Waals surface area contributed by atoms with E-state index in [0.29, 0.717) is 5.92 Å². The van der Waals surface area contributed by atoms with Crippen LogP contribution in [0.3, 0.4) is 0 Å². The Hall–Kier alpha value is -4.24. The van der Waals surface area contributed by atoms with Gasteiger partial charge in [0.2, 0.25) is 0 Å². The molecule has 0 saturated heterocycles. The lowest BCUT2D eigenvalue weighted by molar-refractivity contribution is 0.444. The molecule has 0 unspecified atom stereocenters. The van der Waals surface area contributed by atoms with Crippen molar-refractivity contribution < 1.29 is 0 Å². The Morgan fingerprint density at radius 3 is 1.67 bits per heavy atom. The van der Waals surface area contributed by atoms with Gasteiger partial charge in [-0.25, -0.2) is 0 Å². The van der Waals surface area contributed by atoms with E-state index in [1.54, 1.807) is 0 Å². The van der Waals surface area contributed by atoms with Crippen molar-refractivity contribution in [2.45, 2.75) is 58.8 Å². The van der Waals surface area contributed by atoms with Crippen LogP contribution in [0.4, 0.5) is 34.1 Å². The number of nitrogens with zero attached hydrogens (tertiary/aromatic N) is 2. The molecule has 0 aromatic heterocycles. The van der Waals surface area contributed by atoms with Crippen LogP contribution in [0.15, 0.2) is 103 Å². The van der Waals surface area contributed by atoms with Crippen LogP contribution in [0.5, 0.6) is 0 Å². The molecular weight excluding hydrogens is 507 g/mol. The van der Waals surface area contributed by atoms with Gasteiger partial charge in [0.1, 0.15) is 0 Å². The van der Waals surface area contributed by atoms with E-state index in [9.17, 15) is 0 Å². The summed E-state index contributed by atoms with van der Waals surface area (Å²) in [6.07, 6.45) is 6.58. The molecular formula is C39H37BN2. The van der Waals surface area contributed by atoms with Crippen molar-refractivity contribution in [3.8, 4) is 0 Å². The molecule has 3 heteroatoms. The number of para-hydroxylation sites is 2. The predicted octanol–water partition coefficient (Wildman–Crippen LogP) is 8.74. The van der Waals surface area contributed by atoms with Crippen molar-refractivity contribution in [2.75, 3.05) is 9.80 Å². The van der Waals surface area contributed by atoms with Gasteiger partial charge in [-0.15, -0.1) is 0 Å². The zero-order valence-corrected chi connectivity index (χ0v) is 24.9. The summed E-state index contributed by atoms with van der Waals surface area (Å²) in [5.74, 6) is 0.606. The first-order valence-electron chi connectivity index (χ1n) is 15.7. The zero-order valence-electron chi connectivity index (χ0n) is 24.9. The van der Waals surface area contributed by atoms with Crippen LogP contribution in [-0.2, 0) is 0 Å². The largest absolute Gasteiger partial charge is 0.311 e. The molecule has 42 heavy (non-hydrogen) atoms. The normalized spacial score (nSPS) is 15.7. The average Bonchev–Trinajstić information content (AvgIpc) is 3.01. The minimum Gasteiger partial charge on any atom is -0.311 e. The molecule has 8 rings (SSSR count). The summed E-state index contributed by atoms with van der Waals surface area (Å²) in [5.41, 5.74) is 17.3. The second-order valence-electron chi connectivity index (χ2n) is 12.7. The number of benzene rings is 5. The SMILES string of the molecule is Cc1ccc(N2c3ccccc3B3c4ccccc4N(c4cc(C)cc(C)c4)c4cc(C5CCCCC5)cc2c43)cc1. The van der Waals surface area contributed by atoms with E-state index >= 15 is 0 Å². The standard InChI is InChI=1S/C39H37BN2/c1-26-17-19-31(20-18-26)41-35-15-9-7-13-33(35)40-34-14-8-10-16-36(34)42(32-22-27(2)21-28(3)23-32)38-25-30(24-37(41)39(38)40)29-11-5-4-6-12-29/h7-10,13-25,29H,4-6,11-12H2,1-3H3. The molecule has 0 spiro atoms. The number of hydrogen-bond acceptors (Lipinski definition) is 2. The fourth-order valence-electron chi connectivity index (χ4n) is 7.92. The highest BCUT2D eigenvalue weighted by atomic mass is 15.2. The Labute approximate surface area is 250 Å². The molecule has 2 aliphatic heterocycles. The van der Waals surface area contributed by atoms with Gasteiger partial charge in [0, 0.05) is 34.1 Å². The van der Waals surface area contributed by atoms with Crippen molar-refractivity contribution in [2.24, 2.45) is 0 Å². The highest BCUT2D eigenvalue weighted by Gasteiger charge is 2.43. The minimum atomic E-state index is 0.187. The molecule has 2 nitrogen and oxygen atoms in total. The summed E-state index contributed by atoms with van der Waals surface area (Å²) < 4.78 is 0. The Kier molecular flexibility index (Phi) is 6.03. The molecule has 0 atom stereocenters. The van der Waals surface area contributed by atoms with Crippen LogP contribution in [-0.4, -0.2) is 6.71 Å². The second kappa shape index (κ2) is 9.95. The van der Waals surface area contributed by atoms with E-state index in [-0.39, 0.29) is 6.71 Å². The van der Waals surface area contributed by atoms with Gasteiger partial charge in [-0.1, -0.05) is 79.4 Å². The van der Waals surface area contributed by atoms with Gasteiger partial charge in [0.25, 0.3) is 6.71 Å². The number of rotatable bonds is 3. The first kappa shape index (κ1) is 25.5. The van der Waals surface area contributed by atoms with Gasteiger partial charge in [-0.2, -0.15) is 0 Å². The Bertz CT molecular complexity index is 1800. The maximum Gasteiger partial charge on any atom is 0.252 e. The molecule has 0 radical (unpaired) electrons. The van der Waals surface area contributed by atoms with Gasteiger partial charge in [0.05, 0.1) is 0 Å². The van der Waals surface area contributed by atoms with Crippen molar-refractivity contribution in [3.05, 3.63) is 125 Å². The fourth-order valence-corrected chi connectivity index (χ4v) is 7.92. The molecule has 0 bridgehead atoms. The smallest absolute Gasteiger partial charge is 0.252 e. The molecule has 1 fully saturated rings. The van der Waals surface area contributed by atoms with E-state index in [1.807, 2.05) is 0 Å². The van der Waals surface area contributed by atoms with Gasteiger partial charge in [-0.3, -0.25) is 0 Å². The third kappa shape index (κ3) is 4.01. The Morgan fingerprint density at radius 2 is 1.07 bits per heavy atom. The number of aryl methyl sites for hydroxylation is 3. The van der Waals surface area contributed by atoms with Crippen LogP contribution in [0.2, 0.25) is 0 Å². The highest BCUT2D eigenvalue weighted by molar-refractivity contribution is 7.00. The summed E-state index contributed by atoms with van der Waals surface area (Å²) in [7, 11) is 0. The average molecular weight is 545 g/mol. The van der Waals surface area contributed by atoms with E-state index in [0.717, 1.165) is 0 Å². The van der Waals surface area contributed by atoms with Crippen molar-refractivity contribution >= 4 is 57.2 Å². The van der Waals surface area contributed by atoms with Crippen LogP contribution >= 0.6 is 0 Å². The Morgan fingerprint density at radius 1 is 0.524 bits per heavy atom. The summed E-state index contributed by atoms with van der Waals surface area (Å²) in [6.45, 7) is 6.80. The molecule has 206 valence electrons. The number of fused-ring (bicyclic) bond motifs is 4. The van der Waals surface area contributed by atoms with E-state index in [2.05, 4.69) is 134 Å². The topological polar surface area (TPSA) is 6.48 Å². The monoisotopic (exact) mass is 544 g/mol. The lowest BCUT2D eigenvalue weighted by Gasteiger charge is -2.45. The maximum atomic E-state index is 2.57. The molecule has 0 amide bonds. The number of anilines is 6. The van der Waals surface area contributed by atoms with Crippen molar-refractivity contribution in [1.29, 1.82) is 0 Å². The molecule has 5 aromatic carbocycles. The second-order valence-corrected chi connectivity index (χ2v) is 12.7. The predicted molar refractivity (Wildman–Crippen MR) is 181 cm³/mol. The first-order valence-corrected chi connectivity index (χ1v) is 15.7. The zero-order chi connectivity index (χ0) is 28.4. The molecule has 5 aromatic rings. The summed E-state index contributed by atoms with van der Waals surface area (Å²) >= 11 is 0. The third-order valence-electron chi connectivity index (χ3n) is 9.74. The Balaban J connectivity index is 1.47. The fraction of sp³-hybridized carbons (Fsp3) is 0.231. The minimum absolute atomic E-state index is 0.187. The van der Waals surface area contributed by atoms with Crippen molar-refractivity contribution in [1.82, 2.24) is 0 Å². The lowest BCUT2D eigenvalue weighted by atomic mass is 9.33. The quantitative estimate of drug-likeness (QED) is 0.205. The van der Waals surface area contributed by atoms with Crippen LogP contribution < -0.4 is 26.2 Å². The molecule has 1 aliphatic carbocycles. The van der Waals surface area contributed by atoms with Gasteiger partial charge in [0.15, 0.2) is 0 Å². The molecule has 2 heterocycles. The van der Waals surface area contributed by atoms with E-state index < -0.39 is 0 Å². The van der Waals surface area contributed by atoms with Crippen LogP contribution in [0, 0.1) is 20.8 Å². The molecule has 1 saturated carbocycles. The summed E-state index contributed by atoms with van der Waals surface area (Å²) in [6, 6.07) is 39.4. The van der Waals surface area contributed by atoms with Crippen molar-refractivity contribution in [3.63, 3.8) is 0 Å². The van der Waals surface area contributed by atoms with Crippen LogP contribution in [0.25, 0.3) is 0 Å². The van der Waals surface area contributed by atoms with E-state index in [1.165, 1.54) is 105 Å². The summed E-state index contributed by atoms with van der Waals surface area (Å²) in [5, 5.41) is 0. The van der Waals surface area contributed by atoms with Gasteiger partial charge >= 0.3 is 0 Å². The van der Waals surface area contributed by atoms with E-state index in [4.69, 9.17) is 0 Å². The highest BCUT2D eigenvalue weighted by Crippen LogP contribution is 2.46. The van der Waals surface area contributed by atoms with Gasteiger partial charge < -0.3 is 9.80 Å². The first-order chi connectivity index (χ1) is 20.6.